The number of aromatic nitrogens is 3. The van der Waals surface area contributed by atoms with Gasteiger partial charge in [0.25, 0.3) is 5.91 Å². The quantitative estimate of drug-likeness (QED) is 0.745. The third kappa shape index (κ3) is 3.97. The molecule has 1 aliphatic rings. The molecule has 0 unspecified atom stereocenters. The van der Waals surface area contributed by atoms with Crippen LogP contribution in [-0.4, -0.2) is 40.2 Å². The van der Waals surface area contributed by atoms with Gasteiger partial charge in [0.1, 0.15) is 11.5 Å². The molecule has 0 saturated carbocycles. The molecule has 2 aromatic heterocycles. The number of rotatable bonds is 4. The van der Waals surface area contributed by atoms with Gasteiger partial charge in [-0.15, -0.1) is 0 Å². The van der Waals surface area contributed by atoms with Crippen molar-refractivity contribution in [2.24, 2.45) is 0 Å². The van der Waals surface area contributed by atoms with Crippen LogP contribution in [0.4, 0.5) is 10.2 Å². The second-order valence-electron chi connectivity index (χ2n) is 6.62. The summed E-state index contributed by atoms with van der Waals surface area (Å²) in [5.74, 6) is 0.406. The second-order valence-corrected chi connectivity index (χ2v) is 6.62. The number of halogens is 1. The van der Waals surface area contributed by atoms with E-state index in [1.807, 2.05) is 6.07 Å². The molecule has 1 atom stereocenters. The van der Waals surface area contributed by atoms with E-state index in [1.165, 1.54) is 12.1 Å². The highest BCUT2D eigenvalue weighted by atomic mass is 19.1. The summed E-state index contributed by atoms with van der Waals surface area (Å²) in [4.78, 5) is 18.6. The molecular formula is C20H20FN5O. The van der Waals surface area contributed by atoms with E-state index in [1.54, 1.807) is 36.5 Å². The van der Waals surface area contributed by atoms with Gasteiger partial charge in [0.15, 0.2) is 5.82 Å². The molecule has 1 aliphatic heterocycles. The van der Waals surface area contributed by atoms with Gasteiger partial charge in [0.05, 0.1) is 5.69 Å². The number of hydrogen-bond acceptors (Lipinski definition) is 4. The van der Waals surface area contributed by atoms with Crippen LogP contribution in [0.3, 0.4) is 0 Å². The highest BCUT2D eigenvalue weighted by molar-refractivity contribution is 5.92. The zero-order chi connectivity index (χ0) is 18.6. The van der Waals surface area contributed by atoms with Gasteiger partial charge in [0.2, 0.25) is 0 Å². The van der Waals surface area contributed by atoms with Crippen LogP contribution in [0.25, 0.3) is 11.3 Å². The number of benzene rings is 1. The molecule has 138 valence electrons. The van der Waals surface area contributed by atoms with E-state index < -0.39 is 0 Å². The van der Waals surface area contributed by atoms with Crippen molar-refractivity contribution >= 4 is 11.7 Å². The fourth-order valence-corrected chi connectivity index (χ4v) is 3.31. The monoisotopic (exact) mass is 365 g/mol. The van der Waals surface area contributed by atoms with E-state index in [-0.39, 0.29) is 17.8 Å². The third-order valence-electron chi connectivity index (χ3n) is 4.70. The van der Waals surface area contributed by atoms with Crippen molar-refractivity contribution in [1.82, 2.24) is 20.5 Å². The molecule has 0 aliphatic carbocycles. The molecule has 4 rings (SSSR count). The summed E-state index contributed by atoms with van der Waals surface area (Å²) in [6.07, 6.45) is 3.50. The maximum absolute atomic E-state index is 13.1. The molecule has 3 aromatic rings. The molecular weight excluding hydrogens is 345 g/mol. The number of carbonyl (C=O) groups excluding carboxylic acids is 1. The van der Waals surface area contributed by atoms with E-state index in [4.69, 9.17) is 0 Å². The Kier molecular flexibility index (Phi) is 4.82. The Bertz CT molecular complexity index is 910. The van der Waals surface area contributed by atoms with Crippen molar-refractivity contribution in [2.45, 2.75) is 18.9 Å². The maximum Gasteiger partial charge on any atom is 0.270 e. The largest absolute Gasteiger partial charge is 0.353 e. The number of nitrogens with zero attached hydrogens (tertiary/aromatic N) is 3. The van der Waals surface area contributed by atoms with Crippen molar-refractivity contribution in [2.75, 3.05) is 18.0 Å². The smallest absolute Gasteiger partial charge is 0.270 e. The maximum atomic E-state index is 13.1. The Hall–Kier alpha value is -3.22. The Morgan fingerprint density at radius 2 is 2.07 bits per heavy atom. The minimum absolute atomic E-state index is 0.0410. The van der Waals surface area contributed by atoms with Crippen LogP contribution in [-0.2, 0) is 0 Å². The predicted molar refractivity (Wildman–Crippen MR) is 101 cm³/mol. The summed E-state index contributed by atoms with van der Waals surface area (Å²) in [5.41, 5.74) is 2.14. The van der Waals surface area contributed by atoms with Gasteiger partial charge < -0.3 is 10.2 Å². The number of H-pyrrole nitrogens is 1. The lowest BCUT2D eigenvalue weighted by atomic mass is 10.1. The highest BCUT2D eigenvalue weighted by Crippen LogP contribution is 2.24. The topological polar surface area (TPSA) is 73.9 Å². The van der Waals surface area contributed by atoms with Crippen LogP contribution >= 0.6 is 0 Å². The summed E-state index contributed by atoms with van der Waals surface area (Å²) in [6.45, 7) is 1.57. The fraction of sp³-hybridized carbons (Fsp3) is 0.250. The predicted octanol–water partition coefficient (Wildman–Crippen LogP) is 3.01. The van der Waals surface area contributed by atoms with Crippen molar-refractivity contribution in [3.05, 3.63) is 66.2 Å². The molecule has 0 bridgehead atoms. The highest BCUT2D eigenvalue weighted by Gasteiger charge is 2.24. The molecule has 1 fully saturated rings. The SMILES string of the molecule is O=C(N[C@@H]1CCCN(c2cc(-c3ccc(F)cc3)[nH]n2)C1)c1ccccn1. The molecule has 1 saturated heterocycles. The minimum atomic E-state index is -0.263. The van der Waals surface area contributed by atoms with Gasteiger partial charge in [-0.2, -0.15) is 5.10 Å². The number of aromatic amines is 1. The zero-order valence-corrected chi connectivity index (χ0v) is 14.7. The average Bonchev–Trinajstić information content (AvgIpc) is 3.20. The van der Waals surface area contributed by atoms with Crippen molar-refractivity contribution in [3.63, 3.8) is 0 Å². The van der Waals surface area contributed by atoms with Crippen LogP contribution in [0, 0.1) is 5.82 Å². The average molecular weight is 365 g/mol. The standard InChI is InChI=1S/C20H20FN5O/c21-15-8-6-14(7-9-15)18-12-19(25-24-18)26-11-3-4-16(13-26)23-20(27)17-5-1-2-10-22-17/h1-2,5-10,12,16H,3-4,11,13H2,(H,23,27)(H,24,25)/t16-/m1/s1. The first kappa shape index (κ1) is 17.2. The molecule has 6 nitrogen and oxygen atoms in total. The van der Waals surface area contributed by atoms with E-state index in [0.717, 1.165) is 36.5 Å². The first-order valence-corrected chi connectivity index (χ1v) is 8.97. The molecule has 27 heavy (non-hydrogen) atoms. The molecule has 1 aromatic carbocycles. The van der Waals surface area contributed by atoms with Crippen LogP contribution in [0.15, 0.2) is 54.7 Å². The first-order valence-electron chi connectivity index (χ1n) is 8.97. The molecule has 3 heterocycles. The van der Waals surface area contributed by atoms with Gasteiger partial charge in [-0.25, -0.2) is 4.39 Å². The van der Waals surface area contributed by atoms with Crippen LogP contribution in [0.5, 0.6) is 0 Å². The number of piperidine rings is 1. The van der Waals surface area contributed by atoms with Crippen molar-refractivity contribution in [3.8, 4) is 11.3 Å². The van der Waals surface area contributed by atoms with Crippen LogP contribution in [0.1, 0.15) is 23.3 Å². The van der Waals surface area contributed by atoms with Gasteiger partial charge in [-0.1, -0.05) is 6.07 Å². The summed E-state index contributed by atoms with van der Waals surface area (Å²) < 4.78 is 13.1. The van der Waals surface area contributed by atoms with E-state index >= 15 is 0 Å². The third-order valence-corrected chi connectivity index (χ3v) is 4.70. The summed E-state index contributed by atoms with van der Waals surface area (Å²) in [6, 6.07) is 13.6. The minimum Gasteiger partial charge on any atom is -0.353 e. The Labute approximate surface area is 156 Å². The normalized spacial score (nSPS) is 16.9. The number of hydrogen-bond donors (Lipinski definition) is 2. The van der Waals surface area contributed by atoms with Gasteiger partial charge in [-0.3, -0.25) is 14.9 Å². The van der Waals surface area contributed by atoms with Gasteiger partial charge >= 0.3 is 0 Å². The fourth-order valence-electron chi connectivity index (χ4n) is 3.31. The summed E-state index contributed by atoms with van der Waals surface area (Å²) in [7, 11) is 0. The van der Waals surface area contributed by atoms with Gasteiger partial charge in [0, 0.05) is 31.4 Å². The molecule has 0 spiro atoms. The molecule has 1 amide bonds. The molecule has 7 heteroatoms. The lowest BCUT2D eigenvalue weighted by molar-refractivity contribution is 0.0928. The zero-order valence-electron chi connectivity index (χ0n) is 14.7. The van der Waals surface area contributed by atoms with Crippen LogP contribution < -0.4 is 10.2 Å². The molecule has 0 radical (unpaired) electrons. The molecule has 2 N–H and O–H groups in total. The Balaban J connectivity index is 1.42. The van der Waals surface area contributed by atoms with Crippen molar-refractivity contribution < 1.29 is 9.18 Å². The number of pyridine rings is 1. The number of amides is 1. The summed E-state index contributed by atoms with van der Waals surface area (Å²) >= 11 is 0. The van der Waals surface area contributed by atoms with Gasteiger partial charge in [-0.05, 0) is 54.8 Å². The van der Waals surface area contributed by atoms with E-state index in [0.29, 0.717) is 12.2 Å². The number of nitrogens with one attached hydrogen (secondary N) is 2. The Morgan fingerprint density at radius 3 is 2.85 bits per heavy atom. The first-order chi connectivity index (χ1) is 13.2. The van der Waals surface area contributed by atoms with Crippen molar-refractivity contribution in [1.29, 1.82) is 0 Å². The summed E-state index contributed by atoms with van der Waals surface area (Å²) in [5, 5.41) is 10.5. The Morgan fingerprint density at radius 1 is 1.22 bits per heavy atom. The second kappa shape index (κ2) is 7.57. The lowest BCUT2D eigenvalue weighted by Gasteiger charge is -2.33. The number of carbonyl (C=O) groups is 1. The number of anilines is 1. The van der Waals surface area contributed by atoms with E-state index in [2.05, 4.69) is 25.4 Å². The van der Waals surface area contributed by atoms with E-state index in [9.17, 15) is 9.18 Å². The van der Waals surface area contributed by atoms with Crippen LogP contribution in [0.2, 0.25) is 0 Å². The lowest BCUT2D eigenvalue weighted by Crippen LogP contribution is -2.48.